The van der Waals surface area contributed by atoms with E-state index in [9.17, 15) is 14.3 Å². The smallest absolute Gasteiger partial charge is 0.255 e. The summed E-state index contributed by atoms with van der Waals surface area (Å²) in [7, 11) is 0. The van der Waals surface area contributed by atoms with Gasteiger partial charge in [0.15, 0.2) is 0 Å². The first kappa shape index (κ1) is 18.5. The minimum atomic E-state index is -0.326. The molecule has 0 bridgehead atoms. The van der Waals surface area contributed by atoms with Crippen LogP contribution < -0.4 is 5.32 Å². The summed E-state index contributed by atoms with van der Waals surface area (Å²) in [5, 5.41) is 12.0. The fourth-order valence-corrected chi connectivity index (χ4v) is 3.28. The lowest BCUT2D eigenvalue weighted by Gasteiger charge is -2.31. The van der Waals surface area contributed by atoms with E-state index in [-0.39, 0.29) is 11.7 Å². The van der Waals surface area contributed by atoms with Gasteiger partial charge in [0, 0.05) is 24.4 Å². The summed E-state index contributed by atoms with van der Waals surface area (Å²) in [5.41, 5.74) is 2.31. The van der Waals surface area contributed by atoms with Gasteiger partial charge in [0.1, 0.15) is 5.82 Å². The van der Waals surface area contributed by atoms with Gasteiger partial charge in [-0.05, 0) is 80.2 Å². The number of anilines is 1. The van der Waals surface area contributed by atoms with E-state index in [2.05, 4.69) is 10.2 Å². The van der Waals surface area contributed by atoms with Crippen LogP contribution in [0.2, 0.25) is 0 Å². The highest BCUT2D eigenvalue weighted by atomic mass is 19.1. The second-order valence-corrected chi connectivity index (χ2v) is 6.88. The molecule has 1 saturated heterocycles. The van der Waals surface area contributed by atoms with Crippen molar-refractivity contribution in [1.82, 2.24) is 4.90 Å². The fraction of sp³-hybridized carbons (Fsp3) is 0.381. The van der Waals surface area contributed by atoms with E-state index in [1.54, 1.807) is 18.2 Å². The number of likely N-dealkylation sites (tertiary alicyclic amines) is 1. The molecule has 0 aromatic heterocycles. The molecule has 2 aromatic rings. The van der Waals surface area contributed by atoms with Crippen molar-refractivity contribution >= 4 is 11.6 Å². The quantitative estimate of drug-likeness (QED) is 0.835. The molecule has 0 spiro atoms. The third-order valence-corrected chi connectivity index (χ3v) is 4.97. The molecule has 26 heavy (non-hydrogen) atoms. The molecule has 0 radical (unpaired) electrons. The van der Waals surface area contributed by atoms with E-state index in [0.717, 1.165) is 44.5 Å². The summed E-state index contributed by atoms with van der Waals surface area (Å²) in [5.74, 6) is -0.0695. The lowest BCUT2D eigenvalue weighted by molar-refractivity contribution is 0.102. The Morgan fingerprint density at radius 2 is 1.88 bits per heavy atom. The van der Waals surface area contributed by atoms with E-state index < -0.39 is 0 Å². The zero-order valence-electron chi connectivity index (χ0n) is 14.8. The van der Waals surface area contributed by atoms with E-state index >= 15 is 0 Å². The van der Waals surface area contributed by atoms with Crippen LogP contribution in [-0.4, -0.2) is 42.2 Å². The molecule has 3 rings (SSSR count). The Balaban J connectivity index is 1.54. The maximum absolute atomic E-state index is 13.0. The average Bonchev–Trinajstić information content (AvgIpc) is 2.69. The standard InChI is InChI=1S/C21H25FN2O2/c22-19-4-6-20(7-5-19)23-21(26)18-3-1-2-16(14-18)8-11-24-12-9-17(15-25)10-13-24/h1-7,14,17,25H,8-13,15H2,(H,23,26). The molecule has 4 nitrogen and oxygen atoms in total. The van der Waals surface area contributed by atoms with Gasteiger partial charge in [-0.25, -0.2) is 4.39 Å². The maximum atomic E-state index is 13.0. The molecule has 1 aliphatic rings. The molecular weight excluding hydrogens is 331 g/mol. The second kappa shape index (κ2) is 8.92. The molecular formula is C21H25FN2O2. The zero-order valence-corrected chi connectivity index (χ0v) is 14.8. The number of hydrogen-bond donors (Lipinski definition) is 2. The van der Waals surface area contributed by atoms with Crippen LogP contribution in [0.25, 0.3) is 0 Å². The molecule has 0 unspecified atom stereocenters. The Kier molecular flexibility index (Phi) is 6.36. The lowest BCUT2D eigenvalue weighted by atomic mass is 9.97. The van der Waals surface area contributed by atoms with Gasteiger partial charge < -0.3 is 15.3 Å². The van der Waals surface area contributed by atoms with Gasteiger partial charge in [0.05, 0.1) is 0 Å². The number of benzene rings is 2. The normalized spacial score (nSPS) is 15.8. The number of carbonyl (C=O) groups excluding carboxylic acids is 1. The van der Waals surface area contributed by atoms with Crippen molar-refractivity contribution in [3.8, 4) is 0 Å². The summed E-state index contributed by atoms with van der Waals surface area (Å²) >= 11 is 0. The molecule has 5 heteroatoms. The molecule has 1 aliphatic heterocycles. The van der Waals surface area contributed by atoms with Gasteiger partial charge in [-0.15, -0.1) is 0 Å². The monoisotopic (exact) mass is 356 g/mol. The summed E-state index contributed by atoms with van der Waals surface area (Å²) in [4.78, 5) is 14.8. The van der Waals surface area contributed by atoms with Gasteiger partial charge in [0.25, 0.3) is 5.91 Å². The van der Waals surface area contributed by atoms with Crippen LogP contribution in [0.15, 0.2) is 48.5 Å². The van der Waals surface area contributed by atoms with Crippen LogP contribution >= 0.6 is 0 Å². The van der Waals surface area contributed by atoms with Crippen LogP contribution in [0, 0.1) is 11.7 Å². The minimum absolute atomic E-state index is 0.192. The van der Waals surface area contributed by atoms with Crippen LogP contribution in [0.4, 0.5) is 10.1 Å². The Labute approximate surface area is 153 Å². The van der Waals surface area contributed by atoms with Gasteiger partial charge in [-0.3, -0.25) is 4.79 Å². The van der Waals surface area contributed by atoms with Crippen molar-refractivity contribution in [3.05, 3.63) is 65.5 Å². The van der Waals surface area contributed by atoms with Gasteiger partial charge >= 0.3 is 0 Å². The van der Waals surface area contributed by atoms with Crippen LogP contribution in [0.3, 0.4) is 0 Å². The number of aliphatic hydroxyl groups is 1. The largest absolute Gasteiger partial charge is 0.396 e. The number of amides is 1. The van der Waals surface area contributed by atoms with Crippen LogP contribution in [0.1, 0.15) is 28.8 Å². The maximum Gasteiger partial charge on any atom is 0.255 e. The first-order valence-electron chi connectivity index (χ1n) is 9.13. The number of aliphatic hydroxyl groups excluding tert-OH is 1. The highest BCUT2D eigenvalue weighted by molar-refractivity contribution is 6.04. The number of carbonyl (C=O) groups is 1. The summed E-state index contributed by atoms with van der Waals surface area (Å²) in [6.07, 6.45) is 2.99. The molecule has 0 saturated carbocycles. The van der Waals surface area contributed by atoms with Crippen molar-refractivity contribution in [2.45, 2.75) is 19.3 Å². The third kappa shape index (κ3) is 5.13. The van der Waals surface area contributed by atoms with E-state index in [0.29, 0.717) is 23.8 Å². The average molecular weight is 356 g/mol. The van der Waals surface area contributed by atoms with E-state index in [1.165, 1.54) is 12.1 Å². The van der Waals surface area contributed by atoms with Gasteiger partial charge in [-0.2, -0.15) is 0 Å². The summed E-state index contributed by atoms with van der Waals surface area (Å²) < 4.78 is 13.0. The zero-order chi connectivity index (χ0) is 18.4. The van der Waals surface area contributed by atoms with Crippen molar-refractivity contribution in [1.29, 1.82) is 0 Å². The number of halogens is 1. The predicted molar refractivity (Wildman–Crippen MR) is 101 cm³/mol. The van der Waals surface area contributed by atoms with E-state index in [4.69, 9.17) is 0 Å². The highest BCUT2D eigenvalue weighted by Gasteiger charge is 2.18. The Bertz CT molecular complexity index is 725. The second-order valence-electron chi connectivity index (χ2n) is 6.88. The topological polar surface area (TPSA) is 52.6 Å². The summed E-state index contributed by atoms with van der Waals surface area (Å²) in [6.45, 7) is 3.30. The molecule has 2 aromatic carbocycles. The predicted octanol–water partition coefficient (Wildman–Crippen LogP) is 3.32. The Morgan fingerprint density at radius 1 is 1.15 bits per heavy atom. The molecule has 138 valence electrons. The van der Waals surface area contributed by atoms with Crippen LogP contribution in [0.5, 0.6) is 0 Å². The molecule has 0 atom stereocenters. The number of nitrogens with zero attached hydrogens (tertiary/aromatic N) is 1. The third-order valence-electron chi connectivity index (χ3n) is 4.97. The summed E-state index contributed by atoms with van der Waals surface area (Å²) in [6, 6.07) is 13.4. The first-order chi connectivity index (χ1) is 12.6. The van der Waals surface area contributed by atoms with Crippen LogP contribution in [-0.2, 0) is 6.42 Å². The number of nitrogens with one attached hydrogen (secondary N) is 1. The highest BCUT2D eigenvalue weighted by Crippen LogP contribution is 2.17. The van der Waals surface area contributed by atoms with Crippen molar-refractivity contribution in [2.75, 3.05) is 31.6 Å². The SMILES string of the molecule is O=C(Nc1ccc(F)cc1)c1cccc(CCN2CCC(CO)CC2)c1. The van der Waals surface area contributed by atoms with Gasteiger partial charge in [0.2, 0.25) is 0 Å². The molecule has 1 fully saturated rings. The molecule has 2 N–H and O–H groups in total. The van der Waals surface area contributed by atoms with Crippen molar-refractivity contribution in [3.63, 3.8) is 0 Å². The minimum Gasteiger partial charge on any atom is -0.396 e. The van der Waals surface area contributed by atoms with Crippen molar-refractivity contribution in [2.24, 2.45) is 5.92 Å². The Hall–Kier alpha value is -2.24. The first-order valence-corrected chi connectivity index (χ1v) is 9.13. The number of hydrogen-bond acceptors (Lipinski definition) is 3. The molecule has 1 amide bonds. The van der Waals surface area contributed by atoms with E-state index in [1.807, 2.05) is 18.2 Å². The fourth-order valence-electron chi connectivity index (χ4n) is 3.28. The number of piperidine rings is 1. The number of rotatable bonds is 6. The Morgan fingerprint density at radius 3 is 2.58 bits per heavy atom. The molecule has 0 aliphatic carbocycles. The van der Waals surface area contributed by atoms with Gasteiger partial charge in [-0.1, -0.05) is 12.1 Å². The molecule has 1 heterocycles. The van der Waals surface area contributed by atoms with Crippen molar-refractivity contribution < 1.29 is 14.3 Å². The lowest BCUT2D eigenvalue weighted by Crippen LogP contribution is -2.36.